The maximum absolute atomic E-state index is 10.9. The molecule has 1 aromatic heterocycles. The van der Waals surface area contributed by atoms with Gasteiger partial charge in [0.1, 0.15) is 0 Å². The van der Waals surface area contributed by atoms with E-state index in [0.717, 1.165) is 21.1 Å². The third-order valence-corrected chi connectivity index (χ3v) is 3.68. The summed E-state index contributed by atoms with van der Waals surface area (Å²) >= 11 is 3.52. The monoisotopic (exact) mass is 295 g/mol. The first-order valence-electron chi connectivity index (χ1n) is 5.46. The number of aromatic nitrogens is 1. The topological polar surface area (TPSA) is 42.2 Å². The third-order valence-electron chi connectivity index (χ3n) is 3.04. The molecular formula is C13H14BrNO2. The molecule has 17 heavy (non-hydrogen) atoms. The summed E-state index contributed by atoms with van der Waals surface area (Å²) in [5.74, 6) is -1.12. The van der Waals surface area contributed by atoms with Crippen LogP contribution in [0.4, 0.5) is 0 Å². The molecule has 0 fully saturated rings. The standard InChI is InChI=1S/C13H14BrNO2/c1-8(13(16)17)6-10-7-9-4-3-5-11(14)12(9)15(10)2/h3-5,7-8H,6H2,1-2H3,(H,16,17). The molecule has 1 aromatic carbocycles. The molecule has 1 unspecified atom stereocenters. The fourth-order valence-corrected chi connectivity index (χ4v) is 2.67. The van der Waals surface area contributed by atoms with Crippen LogP contribution in [0.3, 0.4) is 0 Å². The number of para-hydroxylation sites is 1. The molecule has 1 N–H and O–H groups in total. The van der Waals surface area contributed by atoms with E-state index in [-0.39, 0.29) is 5.92 Å². The van der Waals surface area contributed by atoms with E-state index in [1.165, 1.54) is 0 Å². The molecule has 0 aliphatic heterocycles. The Kier molecular flexibility index (Phi) is 3.24. The molecule has 4 heteroatoms. The number of hydrogen-bond acceptors (Lipinski definition) is 1. The summed E-state index contributed by atoms with van der Waals surface area (Å²) in [4.78, 5) is 10.9. The molecule has 2 rings (SSSR count). The number of aryl methyl sites for hydroxylation is 1. The highest BCUT2D eigenvalue weighted by atomic mass is 79.9. The molecular weight excluding hydrogens is 282 g/mol. The minimum absolute atomic E-state index is 0.364. The van der Waals surface area contributed by atoms with Crippen LogP contribution in [-0.4, -0.2) is 15.6 Å². The van der Waals surface area contributed by atoms with Crippen LogP contribution in [0.2, 0.25) is 0 Å². The highest BCUT2D eigenvalue weighted by Crippen LogP contribution is 2.27. The van der Waals surface area contributed by atoms with Gasteiger partial charge >= 0.3 is 5.97 Å². The van der Waals surface area contributed by atoms with E-state index in [9.17, 15) is 4.79 Å². The Labute approximate surface area is 108 Å². The predicted octanol–water partition coefficient (Wildman–Crippen LogP) is 3.20. The van der Waals surface area contributed by atoms with Crippen LogP contribution in [0.1, 0.15) is 12.6 Å². The van der Waals surface area contributed by atoms with Gasteiger partial charge in [-0.2, -0.15) is 0 Å². The lowest BCUT2D eigenvalue weighted by Crippen LogP contribution is -2.14. The van der Waals surface area contributed by atoms with Crippen LogP contribution in [0.15, 0.2) is 28.7 Å². The van der Waals surface area contributed by atoms with Gasteiger partial charge in [-0.05, 0) is 28.1 Å². The largest absolute Gasteiger partial charge is 0.481 e. The molecule has 0 saturated carbocycles. The normalized spacial score (nSPS) is 12.9. The van der Waals surface area contributed by atoms with E-state index in [4.69, 9.17) is 5.11 Å². The number of aliphatic carboxylic acids is 1. The Balaban J connectivity index is 2.46. The maximum Gasteiger partial charge on any atom is 0.306 e. The molecule has 90 valence electrons. The van der Waals surface area contributed by atoms with Gasteiger partial charge in [0, 0.05) is 29.0 Å². The lowest BCUT2D eigenvalue weighted by molar-refractivity contribution is -0.141. The van der Waals surface area contributed by atoms with Crippen LogP contribution in [-0.2, 0) is 18.3 Å². The van der Waals surface area contributed by atoms with Crippen LogP contribution in [0, 0.1) is 5.92 Å². The number of hydrogen-bond donors (Lipinski definition) is 1. The zero-order chi connectivity index (χ0) is 12.6. The van der Waals surface area contributed by atoms with E-state index >= 15 is 0 Å². The highest BCUT2D eigenvalue weighted by Gasteiger charge is 2.15. The second-order valence-electron chi connectivity index (χ2n) is 4.32. The van der Waals surface area contributed by atoms with Gasteiger partial charge < -0.3 is 9.67 Å². The maximum atomic E-state index is 10.9. The van der Waals surface area contributed by atoms with Crippen molar-refractivity contribution in [3.8, 4) is 0 Å². The fourth-order valence-electron chi connectivity index (χ4n) is 2.02. The van der Waals surface area contributed by atoms with E-state index in [2.05, 4.69) is 26.6 Å². The SMILES string of the molecule is CC(Cc1cc2cccc(Br)c2n1C)C(=O)O. The summed E-state index contributed by atoms with van der Waals surface area (Å²) in [5, 5.41) is 10.1. The van der Waals surface area contributed by atoms with Crippen molar-refractivity contribution in [3.63, 3.8) is 0 Å². The van der Waals surface area contributed by atoms with Crippen LogP contribution in [0.5, 0.6) is 0 Å². The van der Waals surface area contributed by atoms with Crippen molar-refractivity contribution in [2.75, 3.05) is 0 Å². The Morgan fingerprint density at radius 3 is 2.82 bits per heavy atom. The van der Waals surface area contributed by atoms with Crippen molar-refractivity contribution in [2.24, 2.45) is 13.0 Å². The number of carboxylic acids is 1. The van der Waals surface area contributed by atoms with Crippen molar-refractivity contribution < 1.29 is 9.90 Å². The van der Waals surface area contributed by atoms with E-state index in [1.807, 2.05) is 25.2 Å². The summed E-state index contributed by atoms with van der Waals surface area (Å²) < 4.78 is 3.09. The predicted molar refractivity (Wildman–Crippen MR) is 71.1 cm³/mol. The summed E-state index contributed by atoms with van der Waals surface area (Å²) in [6.07, 6.45) is 0.549. The number of fused-ring (bicyclic) bond motifs is 1. The molecule has 0 spiro atoms. The first kappa shape index (κ1) is 12.2. The molecule has 3 nitrogen and oxygen atoms in total. The van der Waals surface area contributed by atoms with Crippen LogP contribution >= 0.6 is 15.9 Å². The van der Waals surface area contributed by atoms with Gasteiger partial charge in [0.2, 0.25) is 0 Å². The zero-order valence-corrected chi connectivity index (χ0v) is 11.4. The molecule has 1 atom stereocenters. The average molecular weight is 296 g/mol. The van der Waals surface area contributed by atoms with Gasteiger partial charge in [0.15, 0.2) is 0 Å². The van der Waals surface area contributed by atoms with Gasteiger partial charge in [-0.15, -0.1) is 0 Å². The van der Waals surface area contributed by atoms with Gasteiger partial charge in [-0.1, -0.05) is 19.1 Å². The second-order valence-corrected chi connectivity index (χ2v) is 5.17. The third kappa shape index (κ3) is 2.22. The highest BCUT2D eigenvalue weighted by molar-refractivity contribution is 9.10. The average Bonchev–Trinajstić information content (AvgIpc) is 2.57. The Morgan fingerprint density at radius 1 is 1.53 bits per heavy atom. The summed E-state index contributed by atoms with van der Waals surface area (Å²) in [6.45, 7) is 1.73. The first-order chi connectivity index (χ1) is 8.00. The van der Waals surface area contributed by atoms with Crippen molar-refractivity contribution in [1.29, 1.82) is 0 Å². The smallest absolute Gasteiger partial charge is 0.306 e. The van der Waals surface area contributed by atoms with Gasteiger partial charge in [-0.25, -0.2) is 0 Å². The fraction of sp³-hybridized carbons (Fsp3) is 0.308. The van der Waals surface area contributed by atoms with Gasteiger partial charge in [-0.3, -0.25) is 4.79 Å². The minimum Gasteiger partial charge on any atom is -0.481 e. The molecule has 1 heterocycles. The molecule has 0 radical (unpaired) electrons. The van der Waals surface area contributed by atoms with Crippen molar-refractivity contribution in [1.82, 2.24) is 4.57 Å². The number of carboxylic acid groups (broad SMARTS) is 1. The van der Waals surface area contributed by atoms with Crippen LogP contribution < -0.4 is 0 Å². The number of nitrogens with zero attached hydrogens (tertiary/aromatic N) is 1. The number of benzene rings is 1. The molecule has 0 saturated heterocycles. The number of rotatable bonds is 3. The molecule has 0 amide bonds. The summed E-state index contributed by atoms with van der Waals surface area (Å²) in [5.41, 5.74) is 2.15. The van der Waals surface area contributed by atoms with E-state index in [1.54, 1.807) is 6.92 Å². The molecule has 0 aliphatic carbocycles. The Bertz CT molecular complexity index is 574. The summed E-state index contributed by atoms with van der Waals surface area (Å²) in [7, 11) is 1.97. The molecule has 2 aromatic rings. The zero-order valence-electron chi connectivity index (χ0n) is 9.77. The Hall–Kier alpha value is -1.29. The summed E-state index contributed by atoms with van der Waals surface area (Å²) in [6, 6.07) is 8.07. The first-order valence-corrected chi connectivity index (χ1v) is 6.25. The van der Waals surface area contributed by atoms with Crippen LogP contribution in [0.25, 0.3) is 10.9 Å². The van der Waals surface area contributed by atoms with Crippen molar-refractivity contribution in [3.05, 3.63) is 34.4 Å². The van der Waals surface area contributed by atoms with Crippen molar-refractivity contribution in [2.45, 2.75) is 13.3 Å². The van der Waals surface area contributed by atoms with Crippen molar-refractivity contribution >= 4 is 32.8 Å². The van der Waals surface area contributed by atoms with Gasteiger partial charge in [0.05, 0.1) is 11.4 Å². The molecule has 0 bridgehead atoms. The van der Waals surface area contributed by atoms with Gasteiger partial charge in [0.25, 0.3) is 0 Å². The number of carbonyl (C=O) groups is 1. The second kappa shape index (κ2) is 4.53. The van der Waals surface area contributed by atoms with E-state index < -0.39 is 5.97 Å². The number of halogens is 1. The minimum atomic E-state index is -0.755. The lowest BCUT2D eigenvalue weighted by atomic mass is 10.1. The lowest BCUT2D eigenvalue weighted by Gasteiger charge is -2.08. The van der Waals surface area contributed by atoms with E-state index in [0.29, 0.717) is 6.42 Å². The molecule has 0 aliphatic rings. The quantitative estimate of drug-likeness (QED) is 0.945. The Morgan fingerprint density at radius 2 is 2.24 bits per heavy atom.